The molecule has 1 aromatic rings. The lowest BCUT2D eigenvalue weighted by Crippen LogP contribution is -2.08. The van der Waals surface area contributed by atoms with Gasteiger partial charge in [-0.3, -0.25) is 4.79 Å². The third-order valence-corrected chi connectivity index (χ3v) is 2.19. The highest BCUT2D eigenvalue weighted by atomic mass is 127. The minimum atomic E-state index is -0.316. The van der Waals surface area contributed by atoms with E-state index >= 15 is 0 Å². The van der Waals surface area contributed by atoms with Crippen LogP contribution in [-0.4, -0.2) is 12.6 Å². The molecule has 0 N–H and O–H groups in total. The lowest BCUT2D eigenvalue weighted by Gasteiger charge is -2.01. The van der Waals surface area contributed by atoms with Crippen LogP contribution in [0.25, 0.3) is 0 Å². The second kappa shape index (κ2) is 6.86. The standard InChI is InChI=1S/C12H8INO2/c13-6-1-7-16-12(15)8-10-2-4-11(9-14)5-3-10/h2-5H,7-8H2. The van der Waals surface area contributed by atoms with Gasteiger partial charge in [-0.1, -0.05) is 18.1 Å². The Kier molecular flexibility index (Phi) is 5.38. The number of nitriles is 1. The molecule has 1 rings (SSSR count). The van der Waals surface area contributed by atoms with Gasteiger partial charge in [0.2, 0.25) is 0 Å². The van der Waals surface area contributed by atoms with Crippen molar-refractivity contribution in [2.45, 2.75) is 6.42 Å². The van der Waals surface area contributed by atoms with E-state index in [1.807, 2.05) is 28.7 Å². The molecule has 0 fully saturated rings. The number of benzene rings is 1. The van der Waals surface area contributed by atoms with Gasteiger partial charge in [0.1, 0.15) is 0 Å². The Balaban J connectivity index is 2.49. The van der Waals surface area contributed by atoms with Crippen molar-refractivity contribution in [3.63, 3.8) is 0 Å². The molecular weight excluding hydrogens is 317 g/mol. The maximum Gasteiger partial charge on any atom is 0.311 e. The van der Waals surface area contributed by atoms with Crippen molar-refractivity contribution < 1.29 is 9.53 Å². The fourth-order valence-electron chi connectivity index (χ4n) is 1.06. The molecule has 0 aromatic heterocycles. The highest BCUT2D eigenvalue weighted by Crippen LogP contribution is 2.04. The third-order valence-electron chi connectivity index (χ3n) is 1.80. The predicted octanol–water partition coefficient (Wildman–Crippen LogP) is 2.04. The summed E-state index contributed by atoms with van der Waals surface area (Å²) in [6, 6.07) is 8.84. The van der Waals surface area contributed by atoms with Gasteiger partial charge in [0, 0.05) is 22.6 Å². The van der Waals surface area contributed by atoms with E-state index in [0.29, 0.717) is 5.56 Å². The number of nitrogens with zero attached hydrogens (tertiary/aromatic N) is 1. The zero-order valence-corrected chi connectivity index (χ0v) is 10.5. The monoisotopic (exact) mass is 325 g/mol. The van der Waals surface area contributed by atoms with Crippen LogP contribution in [0.1, 0.15) is 11.1 Å². The van der Waals surface area contributed by atoms with E-state index in [-0.39, 0.29) is 19.0 Å². The first-order chi connectivity index (χ1) is 7.76. The van der Waals surface area contributed by atoms with Gasteiger partial charge in [-0.2, -0.15) is 5.26 Å². The molecule has 0 atom stereocenters. The Morgan fingerprint density at radius 1 is 1.38 bits per heavy atom. The Bertz CT molecular complexity index is 463. The highest BCUT2D eigenvalue weighted by molar-refractivity contribution is 14.1. The second-order valence-corrected chi connectivity index (χ2v) is 3.46. The quantitative estimate of drug-likeness (QED) is 0.485. The largest absolute Gasteiger partial charge is 0.452 e. The molecule has 0 unspecified atom stereocenters. The van der Waals surface area contributed by atoms with Crippen LogP contribution >= 0.6 is 22.6 Å². The predicted molar refractivity (Wildman–Crippen MR) is 67.6 cm³/mol. The summed E-state index contributed by atoms with van der Waals surface area (Å²) in [5.41, 5.74) is 1.40. The second-order valence-electron chi connectivity index (χ2n) is 2.92. The summed E-state index contributed by atoms with van der Waals surface area (Å²) in [5, 5.41) is 8.60. The molecule has 0 spiro atoms. The molecule has 80 valence electrons. The summed E-state index contributed by atoms with van der Waals surface area (Å²) in [5.74, 6) is 2.32. The summed E-state index contributed by atoms with van der Waals surface area (Å²) in [4.78, 5) is 11.3. The number of esters is 1. The highest BCUT2D eigenvalue weighted by Gasteiger charge is 2.03. The number of halogens is 1. The molecule has 3 nitrogen and oxygen atoms in total. The normalized spacial score (nSPS) is 8.50. The fraction of sp³-hybridized carbons (Fsp3) is 0.167. The van der Waals surface area contributed by atoms with E-state index in [4.69, 9.17) is 10.00 Å². The average Bonchev–Trinajstić information content (AvgIpc) is 2.30. The van der Waals surface area contributed by atoms with Gasteiger partial charge in [0.15, 0.2) is 6.61 Å². The maximum atomic E-state index is 11.3. The van der Waals surface area contributed by atoms with Crippen molar-refractivity contribution in [1.29, 1.82) is 5.26 Å². The number of rotatable bonds is 3. The first kappa shape index (κ1) is 12.5. The molecule has 4 heteroatoms. The van der Waals surface area contributed by atoms with E-state index in [0.717, 1.165) is 5.56 Å². The molecular formula is C12H8INO2. The molecule has 0 saturated heterocycles. The van der Waals surface area contributed by atoms with Crippen molar-refractivity contribution in [1.82, 2.24) is 0 Å². The Labute approximate surface area is 108 Å². The van der Waals surface area contributed by atoms with Crippen LogP contribution < -0.4 is 0 Å². The maximum absolute atomic E-state index is 11.3. The molecule has 0 aliphatic rings. The zero-order valence-electron chi connectivity index (χ0n) is 8.37. The van der Waals surface area contributed by atoms with Crippen LogP contribution in [0.4, 0.5) is 0 Å². The van der Waals surface area contributed by atoms with Gasteiger partial charge in [0.25, 0.3) is 0 Å². The van der Waals surface area contributed by atoms with Crippen molar-refractivity contribution in [3.05, 3.63) is 35.4 Å². The number of ether oxygens (including phenoxy) is 1. The average molecular weight is 325 g/mol. The molecule has 0 amide bonds. The number of carbonyl (C=O) groups excluding carboxylic acids is 1. The summed E-state index contributed by atoms with van der Waals surface area (Å²) < 4.78 is 7.47. The summed E-state index contributed by atoms with van der Waals surface area (Å²) in [7, 11) is 0. The molecule has 0 radical (unpaired) electrons. The Hall–Kier alpha value is -1.53. The van der Waals surface area contributed by atoms with Gasteiger partial charge < -0.3 is 4.74 Å². The van der Waals surface area contributed by atoms with E-state index in [1.54, 1.807) is 24.3 Å². The van der Waals surface area contributed by atoms with E-state index < -0.39 is 0 Å². The third kappa shape index (κ3) is 4.33. The molecule has 0 saturated carbocycles. The van der Waals surface area contributed by atoms with E-state index in [2.05, 4.69) is 9.85 Å². The fourth-order valence-corrected chi connectivity index (χ4v) is 1.21. The molecule has 0 aliphatic carbocycles. The summed E-state index contributed by atoms with van der Waals surface area (Å²) in [6.07, 6.45) is 0.203. The van der Waals surface area contributed by atoms with Crippen LogP contribution in [0.2, 0.25) is 0 Å². The van der Waals surface area contributed by atoms with Crippen LogP contribution in [0.3, 0.4) is 0 Å². The molecule has 0 aliphatic heterocycles. The minimum Gasteiger partial charge on any atom is -0.452 e. The number of hydrogen-bond donors (Lipinski definition) is 0. The van der Waals surface area contributed by atoms with Crippen molar-refractivity contribution in [2.24, 2.45) is 0 Å². The topological polar surface area (TPSA) is 50.1 Å². The first-order valence-corrected chi connectivity index (χ1v) is 5.57. The minimum absolute atomic E-state index is 0.123. The van der Waals surface area contributed by atoms with Crippen molar-refractivity contribution in [2.75, 3.05) is 6.61 Å². The first-order valence-electron chi connectivity index (χ1n) is 4.49. The van der Waals surface area contributed by atoms with Crippen LogP contribution in [0.15, 0.2) is 24.3 Å². The molecule has 1 aromatic carbocycles. The van der Waals surface area contributed by atoms with Crippen molar-refractivity contribution >= 4 is 28.6 Å². The van der Waals surface area contributed by atoms with Gasteiger partial charge in [-0.15, -0.1) is 0 Å². The van der Waals surface area contributed by atoms with Gasteiger partial charge >= 0.3 is 5.97 Å². The lowest BCUT2D eigenvalue weighted by atomic mass is 10.1. The number of carbonyl (C=O) groups is 1. The Morgan fingerprint density at radius 2 is 2.06 bits per heavy atom. The van der Waals surface area contributed by atoms with E-state index in [9.17, 15) is 4.79 Å². The van der Waals surface area contributed by atoms with Gasteiger partial charge in [-0.05, 0) is 21.6 Å². The van der Waals surface area contributed by atoms with Crippen molar-refractivity contribution in [3.8, 4) is 15.9 Å². The smallest absolute Gasteiger partial charge is 0.311 e. The molecule has 16 heavy (non-hydrogen) atoms. The van der Waals surface area contributed by atoms with Gasteiger partial charge in [-0.25, -0.2) is 0 Å². The molecule has 0 bridgehead atoms. The zero-order chi connectivity index (χ0) is 11.8. The molecule has 0 heterocycles. The summed E-state index contributed by atoms with van der Waals surface area (Å²) in [6.45, 7) is 0.123. The van der Waals surface area contributed by atoms with Gasteiger partial charge in [0.05, 0.1) is 18.1 Å². The SMILES string of the molecule is N#Cc1ccc(CC(=O)OCC#CI)cc1. The van der Waals surface area contributed by atoms with Crippen LogP contribution in [0, 0.1) is 21.2 Å². The summed E-state index contributed by atoms with van der Waals surface area (Å²) >= 11 is 1.88. The van der Waals surface area contributed by atoms with Crippen LogP contribution in [0.5, 0.6) is 0 Å². The Morgan fingerprint density at radius 3 is 2.62 bits per heavy atom. The van der Waals surface area contributed by atoms with E-state index in [1.165, 1.54) is 0 Å². The lowest BCUT2D eigenvalue weighted by molar-refractivity contribution is -0.141. The number of hydrogen-bond acceptors (Lipinski definition) is 3. The van der Waals surface area contributed by atoms with Crippen LogP contribution in [-0.2, 0) is 16.0 Å².